The number of aromatic nitrogens is 1. The lowest BCUT2D eigenvalue weighted by Crippen LogP contribution is -2.30. The molecule has 168 valence electrons. The highest BCUT2D eigenvalue weighted by Crippen LogP contribution is 2.41. The van der Waals surface area contributed by atoms with Gasteiger partial charge in [-0.25, -0.2) is 9.78 Å². The molecule has 8 heteroatoms. The molecule has 2 amide bonds. The molecular formula is C25H20BrClN2O4. The van der Waals surface area contributed by atoms with Crippen LogP contribution in [0.1, 0.15) is 41.6 Å². The predicted molar refractivity (Wildman–Crippen MR) is 130 cm³/mol. The Bertz CT molecular complexity index is 1310. The molecule has 0 bridgehead atoms. The number of amides is 2. The van der Waals surface area contributed by atoms with Gasteiger partial charge < -0.3 is 5.11 Å². The molecule has 2 unspecified atom stereocenters. The van der Waals surface area contributed by atoms with E-state index in [1.807, 2.05) is 0 Å². The highest BCUT2D eigenvalue weighted by molar-refractivity contribution is 9.10. The summed E-state index contributed by atoms with van der Waals surface area (Å²) in [5.41, 5.74) is 2.99. The molecule has 1 N–H and O–H groups in total. The lowest BCUT2D eigenvalue weighted by atomic mass is 9.81. The normalized spacial score (nSPS) is 20.4. The summed E-state index contributed by atoms with van der Waals surface area (Å²) in [6, 6.07) is 10.1. The Morgan fingerprint density at radius 3 is 2.27 bits per heavy atom. The van der Waals surface area contributed by atoms with Gasteiger partial charge in [-0.05, 0) is 65.5 Å². The molecule has 0 radical (unpaired) electrons. The molecule has 2 heterocycles. The van der Waals surface area contributed by atoms with Crippen LogP contribution in [0.5, 0.6) is 0 Å². The minimum atomic E-state index is -1.07. The van der Waals surface area contributed by atoms with E-state index in [1.54, 1.807) is 37.3 Å². The summed E-state index contributed by atoms with van der Waals surface area (Å²) in [6.07, 6.45) is 3.49. The average Bonchev–Trinajstić information content (AvgIpc) is 3.07. The number of carbonyl (C=O) groups is 3. The van der Waals surface area contributed by atoms with Crippen molar-refractivity contribution < 1.29 is 19.5 Å². The molecule has 1 aliphatic heterocycles. The number of carbonyl (C=O) groups excluding carboxylic acids is 2. The van der Waals surface area contributed by atoms with E-state index in [9.17, 15) is 19.5 Å². The second-order valence-electron chi connectivity index (χ2n) is 8.61. The topological polar surface area (TPSA) is 87.6 Å². The highest BCUT2D eigenvalue weighted by atomic mass is 79.9. The largest absolute Gasteiger partial charge is 0.478 e. The van der Waals surface area contributed by atoms with Crippen LogP contribution in [0.15, 0.2) is 40.9 Å². The first-order chi connectivity index (χ1) is 15.8. The van der Waals surface area contributed by atoms with Gasteiger partial charge in [0.25, 0.3) is 0 Å². The third-order valence-corrected chi connectivity index (χ3v) is 8.06. The Morgan fingerprint density at radius 2 is 1.70 bits per heavy atom. The zero-order chi connectivity index (χ0) is 23.4. The van der Waals surface area contributed by atoms with E-state index in [0.717, 1.165) is 25.7 Å². The maximum absolute atomic E-state index is 12.9. The van der Waals surface area contributed by atoms with Gasteiger partial charge in [-0.3, -0.25) is 14.5 Å². The summed E-state index contributed by atoms with van der Waals surface area (Å²) in [4.78, 5) is 43.7. The number of pyridine rings is 1. The molecule has 5 rings (SSSR count). The van der Waals surface area contributed by atoms with Crippen LogP contribution in [-0.2, 0) is 9.59 Å². The number of nitrogens with zero attached hydrogens (tertiary/aromatic N) is 2. The van der Waals surface area contributed by atoms with Crippen molar-refractivity contribution in [1.82, 2.24) is 4.98 Å². The van der Waals surface area contributed by atoms with Crippen molar-refractivity contribution in [2.45, 2.75) is 32.6 Å². The van der Waals surface area contributed by atoms with E-state index in [0.29, 0.717) is 42.9 Å². The molecule has 2 aromatic carbocycles. The number of carboxylic acids is 1. The molecule has 1 saturated heterocycles. The van der Waals surface area contributed by atoms with Crippen molar-refractivity contribution in [3.05, 3.63) is 57.0 Å². The molecule has 0 spiro atoms. The van der Waals surface area contributed by atoms with Gasteiger partial charge in [0, 0.05) is 15.4 Å². The second-order valence-corrected chi connectivity index (χ2v) is 9.84. The molecule has 1 aliphatic carbocycles. The minimum absolute atomic E-state index is 0.119. The highest BCUT2D eigenvalue weighted by Gasteiger charge is 2.48. The molecular weight excluding hydrogens is 508 g/mol. The van der Waals surface area contributed by atoms with Gasteiger partial charge in [-0.15, -0.1) is 0 Å². The van der Waals surface area contributed by atoms with Gasteiger partial charge in [-0.2, -0.15) is 0 Å². The number of hydrogen-bond acceptors (Lipinski definition) is 4. The molecule has 2 fully saturated rings. The molecule has 33 heavy (non-hydrogen) atoms. The molecule has 6 nitrogen and oxygen atoms in total. The Balaban J connectivity index is 1.56. The number of benzene rings is 2. The number of halogens is 2. The smallest absolute Gasteiger partial charge is 0.336 e. The summed E-state index contributed by atoms with van der Waals surface area (Å²) in [5.74, 6) is -1.73. The van der Waals surface area contributed by atoms with Crippen LogP contribution in [0, 0.1) is 18.8 Å². The lowest BCUT2D eigenvalue weighted by Gasteiger charge is -2.19. The van der Waals surface area contributed by atoms with Crippen LogP contribution < -0.4 is 4.90 Å². The number of imide groups is 1. The first-order valence-corrected chi connectivity index (χ1v) is 12.0. The van der Waals surface area contributed by atoms with Crippen molar-refractivity contribution in [3.8, 4) is 11.3 Å². The fourth-order valence-electron chi connectivity index (χ4n) is 4.98. The van der Waals surface area contributed by atoms with Crippen LogP contribution in [-0.4, -0.2) is 27.9 Å². The van der Waals surface area contributed by atoms with Crippen LogP contribution in [0.4, 0.5) is 5.69 Å². The second kappa shape index (κ2) is 8.22. The fraction of sp³-hybridized carbons (Fsp3) is 0.280. The third kappa shape index (κ3) is 3.54. The van der Waals surface area contributed by atoms with Crippen LogP contribution in [0.2, 0.25) is 5.02 Å². The Morgan fingerprint density at radius 1 is 1.09 bits per heavy atom. The summed E-state index contributed by atoms with van der Waals surface area (Å²) < 4.78 is 0.607. The van der Waals surface area contributed by atoms with Gasteiger partial charge in [0.2, 0.25) is 11.8 Å². The van der Waals surface area contributed by atoms with Crippen molar-refractivity contribution >= 4 is 61.9 Å². The number of aryl methyl sites for hydroxylation is 1. The number of hydrogen-bond donors (Lipinski definition) is 1. The quantitative estimate of drug-likeness (QED) is 0.422. The van der Waals surface area contributed by atoms with E-state index in [2.05, 4.69) is 20.9 Å². The maximum Gasteiger partial charge on any atom is 0.336 e. The maximum atomic E-state index is 12.9. The summed E-state index contributed by atoms with van der Waals surface area (Å²) in [7, 11) is 0. The number of rotatable bonds is 3. The summed E-state index contributed by atoms with van der Waals surface area (Å²) in [5, 5.41) is 10.8. The summed E-state index contributed by atoms with van der Waals surface area (Å²) in [6.45, 7) is 1.80. The molecule has 3 aromatic rings. The first kappa shape index (κ1) is 22.0. The standard InChI is InChI=1S/C25H20BrClN2O4/c1-12-21(27)19(26)10-17-18(25(32)33)11-20(28-22(12)17)13-6-8-14(9-7-13)29-23(30)15-4-2-3-5-16(15)24(29)31/h6-11,15-16H,2-5H2,1H3,(H,32,33). The van der Waals surface area contributed by atoms with E-state index in [-0.39, 0.29) is 29.2 Å². The van der Waals surface area contributed by atoms with Crippen molar-refractivity contribution in [1.29, 1.82) is 0 Å². The van der Waals surface area contributed by atoms with E-state index < -0.39 is 5.97 Å². The van der Waals surface area contributed by atoms with Crippen LogP contribution >= 0.6 is 27.5 Å². The average molecular weight is 528 g/mol. The number of carboxylic acid groups (broad SMARTS) is 1. The Hall–Kier alpha value is -2.77. The fourth-order valence-corrected chi connectivity index (χ4v) is 5.65. The Kier molecular flexibility index (Phi) is 5.49. The van der Waals surface area contributed by atoms with Crippen molar-refractivity contribution in [2.75, 3.05) is 4.90 Å². The van der Waals surface area contributed by atoms with Crippen LogP contribution in [0.3, 0.4) is 0 Å². The summed E-state index contributed by atoms with van der Waals surface area (Å²) >= 11 is 9.73. The first-order valence-electron chi connectivity index (χ1n) is 10.8. The van der Waals surface area contributed by atoms with E-state index in [4.69, 9.17) is 11.6 Å². The van der Waals surface area contributed by atoms with Gasteiger partial charge in [-0.1, -0.05) is 36.6 Å². The van der Waals surface area contributed by atoms with Gasteiger partial charge in [0.1, 0.15) is 0 Å². The predicted octanol–water partition coefficient (Wildman–Crippen LogP) is 6.00. The molecule has 1 saturated carbocycles. The van der Waals surface area contributed by atoms with Gasteiger partial charge in [0.15, 0.2) is 0 Å². The SMILES string of the molecule is Cc1c(Cl)c(Br)cc2c(C(=O)O)cc(-c3ccc(N4C(=O)C5CCCCC5C4=O)cc3)nc12. The number of aromatic carboxylic acids is 1. The van der Waals surface area contributed by atoms with Gasteiger partial charge >= 0.3 is 5.97 Å². The third-order valence-electron chi connectivity index (χ3n) is 6.72. The number of fused-ring (bicyclic) bond motifs is 2. The zero-order valence-corrected chi connectivity index (χ0v) is 20.1. The van der Waals surface area contributed by atoms with E-state index in [1.165, 1.54) is 11.0 Å². The molecule has 2 atom stereocenters. The van der Waals surface area contributed by atoms with Crippen molar-refractivity contribution in [3.63, 3.8) is 0 Å². The number of anilines is 1. The minimum Gasteiger partial charge on any atom is -0.478 e. The zero-order valence-electron chi connectivity index (χ0n) is 17.8. The van der Waals surface area contributed by atoms with Crippen LogP contribution in [0.25, 0.3) is 22.2 Å². The lowest BCUT2D eigenvalue weighted by molar-refractivity contribution is -0.122. The van der Waals surface area contributed by atoms with Gasteiger partial charge in [0.05, 0.1) is 39.3 Å². The monoisotopic (exact) mass is 526 g/mol. The van der Waals surface area contributed by atoms with E-state index >= 15 is 0 Å². The Labute approximate surface area is 203 Å². The molecule has 1 aromatic heterocycles. The van der Waals surface area contributed by atoms with Crippen molar-refractivity contribution in [2.24, 2.45) is 11.8 Å². The molecule has 2 aliphatic rings.